The van der Waals surface area contributed by atoms with Gasteiger partial charge in [0.2, 0.25) is 11.0 Å². The second-order valence-electron chi connectivity index (χ2n) is 6.73. The van der Waals surface area contributed by atoms with Gasteiger partial charge in [-0.2, -0.15) is 9.78 Å². The number of para-hydroxylation sites is 1. The summed E-state index contributed by atoms with van der Waals surface area (Å²) < 4.78 is 30.2. The number of aromatic nitrogens is 3. The number of carbonyl (C=O) groups is 1. The minimum Gasteiger partial charge on any atom is -0.310 e. The fraction of sp³-hybridized carbons (Fsp3) is 0.150. The lowest BCUT2D eigenvalue weighted by Crippen LogP contribution is -2.25. The Labute approximate surface area is 162 Å². The SMILES string of the molecule is Cc1nn(-c2nc3ccccc3s2)c2c1C(c1cc(F)cc(F)c1)CC(=O)N2. The summed E-state index contributed by atoms with van der Waals surface area (Å²) in [6.07, 6.45) is 0.0995. The molecule has 5 nitrogen and oxygen atoms in total. The molecular formula is C20H14F2N4OS. The van der Waals surface area contributed by atoms with Gasteiger partial charge in [-0.3, -0.25) is 4.79 Å². The zero-order chi connectivity index (χ0) is 19.4. The molecule has 1 amide bonds. The van der Waals surface area contributed by atoms with E-state index >= 15 is 0 Å². The standard InChI is InChI=1S/C20H14F2N4OS/c1-10-18-14(11-6-12(21)8-13(22)7-11)9-17(27)24-19(18)26(25-10)20-23-15-4-2-3-5-16(15)28-20/h2-8,14H,9H2,1H3,(H,24,27). The Hall–Kier alpha value is -3.13. The highest BCUT2D eigenvalue weighted by Crippen LogP contribution is 2.41. The van der Waals surface area contributed by atoms with Gasteiger partial charge in [0, 0.05) is 24.0 Å². The van der Waals surface area contributed by atoms with Crippen molar-refractivity contribution in [1.29, 1.82) is 0 Å². The van der Waals surface area contributed by atoms with Crippen LogP contribution in [0.2, 0.25) is 0 Å². The van der Waals surface area contributed by atoms with Crippen molar-refractivity contribution >= 4 is 33.3 Å². The maximum Gasteiger partial charge on any atom is 0.226 e. The summed E-state index contributed by atoms with van der Waals surface area (Å²) in [5, 5.41) is 8.06. The number of hydrogen-bond donors (Lipinski definition) is 1. The Morgan fingerprint density at radius 2 is 1.93 bits per heavy atom. The van der Waals surface area contributed by atoms with Crippen LogP contribution in [0.25, 0.3) is 15.3 Å². The van der Waals surface area contributed by atoms with Crippen LogP contribution in [-0.4, -0.2) is 20.7 Å². The van der Waals surface area contributed by atoms with Crippen molar-refractivity contribution < 1.29 is 13.6 Å². The van der Waals surface area contributed by atoms with E-state index in [1.807, 2.05) is 31.2 Å². The molecule has 2 aromatic carbocycles. The van der Waals surface area contributed by atoms with E-state index in [0.717, 1.165) is 21.8 Å². The third kappa shape index (κ3) is 2.68. The van der Waals surface area contributed by atoms with Crippen molar-refractivity contribution in [3.63, 3.8) is 0 Å². The monoisotopic (exact) mass is 396 g/mol. The summed E-state index contributed by atoms with van der Waals surface area (Å²) in [6.45, 7) is 1.82. The minimum atomic E-state index is -0.668. The van der Waals surface area contributed by atoms with Crippen LogP contribution in [0.3, 0.4) is 0 Å². The van der Waals surface area contributed by atoms with Crippen molar-refractivity contribution in [3.8, 4) is 5.13 Å². The third-order valence-electron chi connectivity index (χ3n) is 4.85. The first-order chi connectivity index (χ1) is 13.5. The first-order valence-corrected chi connectivity index (χ1v) is 9.52. The molecule has 0 radical (unpaired) electrons. The quantitative estimate of drug-likeness (QED) is 0.541. The Balaban J connectivity index is 1.69. The van der Waals surface area contributed by atoms with Crippen LogP contribution in [0, 0.1) is 18.6 Å². The van der Waals surface area contributed by atoms with Crippen LogP contribution in [0.15, 0.2) is 42.5 Å². The van der Waals surface area contributed by atoms with E-state index in [1.165, 1.54) is 23.5 Å². The number of amides is 1. The Kier molecular flexibility index (Phi) is 3.77. The molecular weight excluding hydrogens is 382 g/mol. The number of carbonyl (C=O) groups excluding carboxylic acids is 1. The molecule has 28 heavy (non-hydrogen) atoms. The van der Waals surface area contributed by atoms with Crippen LogP contribution >= 0.6 is 11.3 Å². The average Bonchev–Trinajstić information content (AvgIpc) is 3.21. The Bertz CT molecular complexity index is 1190. The van der Waals surface area contributed by atoms with Gasteiger partial charge in [-0.15, -0.1) is 0 Å². The van der Waals surface area contributed by atoms with E-state index in [2.05, 4.69) is 15.4 Å². The molecule has 0 spiro atoms. The summed E-state index contributed by atoms with van der Waals surface area (Å²) in [7, 11) is 0. The summed E-state index contributed by atoms with van der Waals surface area (Å²) >= 11 is 1.46. The second-order valence-corrected chi connectivity index (χ2v) is 7.74. The minimum absolute atomic E-state index is 0.0995. The molecule has 0 bridgehead atoms. The van der Waals surface area contributed by atoms with Crippen LogP contribution in [-0.2, 0) is 4.79 Å². The number of aryl methyl sites for hydroxylation is 1. The molecule has 0 aliphatic carbocycles. The van der Waals surface area contributed by atoms with Crippen LogP contribution in [0.5, 0.6) is 0 Å². The number of anilines is 1. The van der Waals surface area contributed by atoms with E-state index in [9.17, 15) is 13.6 Å². The van der Waals surface area contributed by atoms with Crippen molar-refractivity contribution in [1.82, 2.24) is 14.8 Å². The zero-order valence-electron chi connectivity index (χ0n) is 14.7. The topological polar surface area (TPSA) is 59.8 Å². The van der Waals surface area contributed by atoms with Gasteiger partial charge in [-0.25, -0.2) is 13.8 Å². The van der Waals surface area contributed by atoms with Gasteiger partial charge in [0.25, 0.3) is 0 Å². The number of nitrogens with zero attached hydrogens (tertiary/aromatic N) is 3. The van der Waals surface area contributed by atoms with Crippen molar-refractivity contribution in [2.24, 2.45) is 0 Å². The molecule has 1 aliphatic rings. The van der Waals surface area contributed by atoms with E-state index in [-0.39, 0.29) is 12.3 Å². The maximum atomic E-state index is 13.8. The van der Waals surface area contributed by atoms with Crippen molar-refractivity contribution in [2.45, 2.75) is 19.3 Å². The fourth-order valence-electron chi connectivity index (χ4n) is 3.70. The van der Waals surface area contributed by atoms with Crippen LogP contribution in [0.4, 0.5) is 14.6 Å². The first-order valence-electron chi connectivity index (χ1n) is 8.71. The largest absolute Gasteiger partial charge is 0.310 e. The van der Waals surface area contributed by atoms with Crippen LogP contribution in [0.1, 0.15) is 29.2 Å². The fourth-order valence-corrected chi connectivity index (χ4v) is 4.62. The molecule has 140 valence electrons. The van der Waals surface area contributed by atoms with Crippen LogP contribution < -0.4 is 5.32 Å². The smallest absolute Gasteiger partial charge is 0.226 e. The third-order valence-corrected chi connectivity index (χ3v) is 5.87. The predicted octanol–water partition coefficient (Wildman–Crippen LogP) is 4.54. The summed E-state index contributed by atoms with van der Waals surface area (Å²) in [4.78, 5) is 17.0. The van der Waals surface area contributed by atoms with E-state index in [0.29, 0.717) is 22.2 Å². The molecule has 0 saturated heterocycles. The normalized spacial score (nSPS) is 16.2. The Morgan fingerprint density at radius 3 is 2.68 bits per heavy atom. The highest BCUT2D eigenvalue weighted by Gasteiger charge is 2.33. The molecule has 2 aromatic heterocycles. The lowest BCUT2D eigenvalue weighted by atomic mass is 9.85. The predicted molar refractivity (Wildman–Crippen MR) is 103 cm³/mol. The van der Waals surface area contributed by atoms with Crippen molar-refractivity contribution in [2.75, 3.05) is 5.32 Å². The molecule has 1 unspecified atom stereocenters. The van der Waals surface area contributed by atoms with Gasteiger partial charge < -0.3 is 5.32 Å². The molecule has 8 heteroatoms. The number of fused-ring (bicyclic) bond motifs is 2. The first kappa shape index (κ1) is 17.0. The van der Waals surface area contributed by atoms with Gasteiger partial charge in [0.1, 0.15) is 17.5 Å². The summed E-state index contributed by atoms with van der Waals surface area (Å²) in [6, 6.07) is 11.1. The van der Waals surface area contributed by atoms with E-state index in [1.54, 1.807) is 4.68 Å². The highest BCUT2D eigenvalue weighted by atomic mass is 32.1. The van der Waals surface area contributed by atoms with Gasteiger partial charge in [0.15, 0.2) is 0 Å². The average molecular weight is 396 g/mol. The number of thiazole rings is 1. The number of halogens is 2. The molecule has 3 heterocycles. The highest BCUT2D eigenvalue weighted by molar-refractivity contribution is 7.20. The summed E-state index contributed by atoms with van der Waals surface area (Å²) in [5.74, 6) is -1.54. The van der Waals surface area contributed by atoms with Gasteiger partial charge >= 0.3 is 0 Å². The number of benzene rings is 2. The molecule has 1 atom stereocenters. The molecule has 1 aliphatic heterocycles. The second kappa shape index (κ2) is 6.20. The maximum absolute atomic E-state index is 13.8. The van der Waals surface area contributed by atoms with E-state index in [4.69, 9.17) is 0 Å². The van der Waals surface area contributed by atoms with E-state index < -0.39 is 17.6 Å². The number of nitrogens with one attached hydrogen (secondary N) is 1. The molecule has 0 fully saturated rings. The molecule has 1 N–H and O–H groups in total. The lowest BCUT2D eigenvalue weighted by Gasteiger charge is -2.24. The lowest BCUT2D eigenvalue weighted by molar-refractivity contribution is -0.116. The van der Waals surface area contributed by atoms with Gasteiger partial charge in [0.05, 0.1) is 15.9 Å². The number of rotatable bonds is 2. The molecule has 0 saturated carbocycles. The van der Waals surface area contributed by atoms with Gasteiger partial charge in [-0.1, -0.05) is 23.5 Å². The van der Waals surface area contributed by atoms with Crippen molar-refractivity contribution in [3.05, 3.63) is 70.9 Å². The zero-order valence-corrected chi connectivity index (χ0v) is 15.6. The van der Waals surface area contributed by atoms with Gasteiger partial charge in [-0.05, 0) is 36.8 Å². The Morgan fingerprint density at radius 1 is 1.18 bits per heavy atom. The molecule has 4 aromatic rings. The number of hydrogen-bond acceptors (Lipinski definition) is 4. The summed E-state index contributed by atoms with van der Waals surface area (Å²) in [5.41, 5.74) is 2.70. The molecule has 5 rings (SSSR count).